The molecule has 0 bridgehead atoms. The summed E-state index contributed by atoms with van der Waals surface area (Å²) in [6, 6.07) is 7.20. The van der Waals surface area contributed by atoms with Gasteiger partial charge in [-0.2, -0.15) is 4.98 Å². The molecule has 1 aromatic carbocycles. The first-order valence-corrected chi connectivity index (χ1v) is 7.84. The van der Waals surface area contributed by atoms with Crippen LogP contribution in [-0.2, 0) is 4.79 Å². The molecule has 3 rings (SSSR count). The highest BCUT2D eigenvalue weighted by Crippen LogP contribution is 2.33. The lowest BCUT2D eigenvalue weighted by atomic mass is 10.1. The van der Waals surface area contributed by atoms with Gasteiger partial charge in [0, 0.05) is 23.0 Å². The number of carbonyl (C=O) groups is 1. The van der Waals surface area contributed by atoms with Gasteiger partial charge in [0.05, 0.1) is 0 Å². The van der Waals surface area contributed by atoms with E-state index < -0.39 is 0 Å². The van der Waals surface area contributed by atoms with Gasteiger partial charge in [0.25, 0.3) is 0 Å². The average Bonchev–Trinajstić information content (AvgIpc) is 3.15. The molecule has 0 spiro atoms. The molecular weight excluding hydrogens is 302 g/mol. The van der Waals surface area contributed by atoms with E-state index in [2.05, 4.69) is 10.1 Å². The Labute approximate surface area is 134 Å². The number of hydrogen-bond donors (Lipinski definition) is 0. The Morgan fingerprint density at radius 1 is 1.45 bits per heavy atom. The van der Waals surface area contributed by atoms with Crippen LogP contribution in [0.4, 0.5) is 0 Å². The van der Waals surface area contributed by atoms with E-state index in [1.165, 1.54) is 0 Å². The lowest BCUT2D eigenvalue weighted by Crippen LogP contribution is -2.33. The van der Waals surface area contributed by atoms with Crippen LogP contribution in [0.15, 0.2) is 28.8 Å². The van der Waals surface area contributed by atoms with E-state index in [4.69, 9.17) is 16.1 Å². The fraction of sp³-hybridized carbons (Fsp3) is 0.438. The summed E-state index contributed by atoms with van der Waals surface area (Å²) in [5.74, 6) is 1.10. The Kier molecular flexibility index (Phi) is 4.16. The van der Waals surface area contributed by atoms with E-state index in [1.807, 2.05) is 30.9 Å². The predicted molar refractivity (Wildman–Crippen MR) is 83.3 cm³/mol. The van der Waals surface area contributed by atoms with Crippen molar-refractivity contribution >= 4 is 17.5 Å². The van der Waals surface area contributed by atoms with Gasteiger partial charge in [-0.1, -0.05) is 42.7 Å². The maximum atomic E-state index is 12.3. The molecule has 5 nitrogen and oxygen atoms in total. The van der Waals surface area contributed by atoms with Crippen molar-refractivity contribution in [2.75, 3.05) is 6.54 Å². The van der Waals surface area contributed by atoms with E-state index in [-0.39, 0.29) is 17.9 Å². The van der Waals surface area contributed by atoms with Gasteiger partial charge in [0.15, 0.2) is 0 Å². The van der Waals surface area contributed by atoms with Gasteiger partial charge in [0.1, 0.15) is 6.04 Å². The lowest BCUT2D eigenvalue weighted by molar-refractivity contribution is -0.135. The van der Waals surface area contributed by atoms with Crippen molar-refractivity contribution in [3.8, 4) is 11.4 Å². The third-order valence-corrected chi connectivity index (χ3v) is 4.07. The van der Waals surface area contributed by atoms with E-state index in [0.29, 0.717) is 16.7 Å². The normalized spacial score (nSPS) is 18.2. The van der Waals surface area contributed by atoms with Crippen LogP contribution in [0.2, 0.25) is 5.02 Å². The summed E-state index contributed by atoms with van der Waals surface area (Å²) >= 11 is 5.99. The number of benzene rings is 1. The van der Waals surface area contributed by atoms with Crippen molar-refractivity contribution in [1.82, 2.24) is 15.0 Å². The molecule has 1 fully saturated rings. The van der Waals surface area contributed by atoms with E-state index in [1.54, 1.807) is 12.1 Å². The van der Waals surface area contributed by atoms with E-state index in [9.17, 15) is 4.79 Å². The molecule has 1 saturated heterocycles. The number of hydrogen-bond acceptors (Lipinski definition) is 4. The Bertz CT molecular complexity index is 684. The highest BCUT2D eigenvalue weighted by molar-refractivity contribution is 6.30. The van der Waals surface area contributed by atoms with Crippen LogP contribution in [0, 0.1) is 5.92 Å². The topological polar surface area (TPSA) is 59.2 Å². The molecule has 2 aromatic rings. The van der Waals surface area contributed by atoms with Crippen LogP contribution >= 0.6 is 11.6 Å². The second kappa shape index (κ2) is 6.08. The predicted octanol–water partition coefficient (Wildman–Crippen LogP) is 3.71. The molecular formula is C16H18ClN3O2. The van der Waals surface area contributed by atoms with Crippen LogP contribution in [0.1, 0.15) is 38.6 Å². The molecule has 1 aliphatic heterocycles. The van der Waals surface area contributed by atoms with Crippen LogP contribution < -0.4 is 0 Å². The number of amides is 1. The Morgan fingerprint density at radius 2 is 2.27 bits per heavy atom. The zero-order valence-corrected chi connectivity index (χ0v) is 13.4. The first-order valence-electron chi connectivity index (χ1n) is 7.46. The molecule has 0 N–H and O–H groups in total. The summed E-state index contributed by atoms with van der Waals surface area (Å²) in [5.41, 5.74) is 0.808. The van der Waals surface area contributed by atoms with Crippen LogP contribution in [0.5, 0.6) is 0 Å². The van der Waals surface area contributed by atoms with Crippen LogP contribution in [-0.4, -0.2) is 27.5 Å². The number of carbonyl (C=O) groups excluding carboxylic acids is 1. The van der Waals surface area contributed by atoms with Crippen molar-refractivity contribution in [2.45, 2.75) is 32.7 Å². The van der Waals surface area contributed by atoms with Crippen molar-refractivity contribution < 1.29 is 9.32 Å². The van der Waals surface area contributed by atoms with Crippen LogP contribution in [0.25, 0.3) is 11.4 Å². The van der Waals surface area contributed by atoms with Crippen molar-refractivity contribution in [3.05, 3.63) is 35.2 Å². The summed E-state index contributed by atoms with van der Waals surface area (Å²) in [6.07, 6.45) is 1.81. The molecule has 0 unspecified atom stereocenters. The number of rotatable bonds is 3. The van der Waals surface area contributed by atoms with Gasteiger partial charge < -0.3 is 9.42 Å². The van der Waals surface area contributed by atoms with Crippen LogP contribution in [0.3, 0.4) is 0 Å². The number of aromatic nitrogens is 2. The molecule has 1 aliphatic rings. The molecule has 0 radical (unpaired) electrons. The first-order chi connectivity index (χ1) is 10.6. The van der Waals surface area contributed by atoms with E-state index >= 15 is 0 Å². The second-order valence-electron chi connectivity index (χ2n) is 5.81. The lowest BCUT2D eigenvalue weighted by Gasteiger charge is -2.23. The van der Waals surface area contributed by atoms with Gasteiger partial charge in [-0.3, -0.25) is 4.79 Å². The monoisotopic (exact) mass is 319 g/mol. The molecule has 116 valence electrons. The highest BCUT2D eigenvalue weighted by Gasteiger charge is 2.34. The maximum absolute atomic E-state index is 12.3. The highest BCUT2D eigenvalue weighted by atomic mass is 35.5. The molecule has 0 aliphatic carbocycles. The Balaban J connectivity index is 1.85. The van der Waals surface area contributed by atoms with Gasteiger partial charge >= 0.3 is 0 Å². The van der Waals surface area contributed by atoms with Gasteiger partial charge in [0.2, 0.25) is 17.6 Å². The van der Waals surface area contributed by atoms with Gasteiger partial charge in [-0.15, -0.1) is 0 Å². The first kappa shape index (κ1) is 15.0. The van der Waals surface area contributed by atoms with Crippen molar-refractivity contribution in [2.24, 2.45) is 5.92 Å². The third-order valence-electron chi connectivity index (χ3n) is 3.84. The zero-order chi connectivity index (χ0) is 15.7. The van der Waals surface area contributed by atoms with Crippen molar-refractivity contribution in [3.63, 3.8) is 0 Å². The molecule has 0 saturated carbocycles. The fourth-order valence-corrected chi connectivity index (χ4v) is 2.92. The number of halogens is 1. The molecule has 1 atom stereocenters. The number of likely N-dealkylation sites (tertiary alicyclic amines) is 1. The summed E-state index contributed by atoms with van der Waals surface area (Å²) in [7, 11) is 0. The minimum atomic E-state index is -0.115. The molecule has 1 amide bonds. The summed E-state index contributed by atoms with van der Waals surface area (Å²) in [6.45, 7) is 4.56. The smallest absolute Gasteiger partial charge is 0.249 e. The minimum absolute atomic E-state index is 0.0316. The molecule has 6 heteroatoms. The minimum Gasteiger partial charge on any atom is -0.337 e. The molecule has 22 heavy (non-hydrogen) atoms. The molecule has 2 heterocycles. The molecule has 1 aromatic heterocycles. The van der Waals surface area contributed by atoms with Crippen molar-refractivity contribution in [1.29, 1.82) is 0 Å². The fourth-order valence-electron chi connectivity index (χ4n) is 2.73. The third kappa shape index (κ3) is 2.86. The van der Waals surface area contributed by atoms with E-state index in [0.717, 1.165) is 24.9 Å². The summed E-state index contributed by atoms with van der Waals surface area (Å²) in [5, 5.41) is 4.65. The second-order valence-corrected chi connectivity index (χ2v) is 6.25. The number of nitrogens with zero attached hydrogens (tertiary/aromatic N) is 3. The Morgan fingerprint density at radius 3 is 3.00 bits per heavy atom. The maximum Gasteiger partial charge on any atom is 0.249 e. The zero-order valence-electron chi connectivity index (χ0n) is 12.6. The Hall–Kier alpha value is -1.88. The standard InChI is InChI=1S/C16H18ClN3O2/c1-10(2)16(21)20-8-4-7-13(20)15-18-14(19-22-15)11-5-3-6-12(17)9-11/h3,5-6,9-10,13H,4,7-8H2,1-2H3/t13-/m0/s1. The quantitative estimate of drug-likeness (QED) is 0.865. The summed E-state index contributed by atoms with van der Waals surface area (Å²) < 4.78 is 5.40. The largest absolute Gasteiger partial charge is 0.337 e. The SMILES string of the molecule is CC(C)C(=O)N1CCC[C@H]1c1nc(-c2cccc(Cl)c2)no1. The van der Waals surface area contributed by atoms with Gasteiger partial charge in [-0.05, 0) is 25.0 Å². The average molecular weight is 320 g/mol. The summed E-state index contributed by atoms with van der Waals surface area (Å²) in [4.78, 5) is 18.6. The van der Waals surface area contributed by atoms with Gasteiger partial charge in [-0.25, -0.2) is 0 Å².